The van der Waals surface area contributed by atoms with Crippen LogP contribution in [0.15, 0.2) is 48.8 Å². The Bertz CT molecular complexity index is 522. The smallest absolute Gasteiger partial charge is 0.142 e. The van der Waals surface area contributed by atoms with E-state index in [0.29, 0.717) is 13.2 Å². The summed E-state index contributed by atoms with van der Waals surface area (Å²) < 4.78 is 5.77. The molecule has 2 N–H and O–H groups in total. The van der Waals surface area contributed by atoms with Crippen molar-refractivity contribution in [2.24, 2.45) is 0 Å². The number of alkyl halides is 1. The average Bonchev–Trinajstić information content (AvgIpc) is 2.52. The second kappa shape index (κ2) is 7.72. The normalized spacial score (nSPS) is 11.9. The van der Waals surface area contributed by atoms with Crippen LogP contribution in [0, 0.1) is 0 Å². The third-order valence-electron chi connectivity index (χ3n) is 2.71. The Morgan fingerprint density at radius 2 is 2.10 bits per heavy atom. The lowest BCUT2D eigenvalue weighted by molar-refractivity contribution is 0.211. The molecule has 0 aliphatic rings. The van der Waals surface area contributed by atoms with Crippen LogP contribution in [0.5, 0.6) is 5.75 Å². The number of halogens is 1. The molecule has 0 radical (unpaired) electrons. The van der Waals surface area contributed by atoms with E-state index in [1.54, 1.807) is 12.4 Å². The minimum absolute atomic E-state index is 0.200. The SMILES string of the molecule is OC(CCl)CNc1ccccc1OCc1cccnc1. The number of hydrogen-bond donors (Lipinski definition) is 2. The predicted octanol–water partition coefficient (Wildman–Crippen LogP) is 2.67. The van der Waals surface area contributed by atoms with Gasteiger partial charge >= 0.3 is 0 Å². The number of rotatable bonds is 7. The summed E-state index contributed by atoms with van der Waals surface area (Å²) in [6.07, 6.45) is 2.92. The lowest BCUT2D eigenvalue weighted by atomic mass is 10.2. The van der Waals surface area contributed by atoms with Crippen molar-refractivity contribution in [2.75, 3.05) is 17.7 Å². The van der Waals surface area contributed by atoms with E-state index in [1.807, 2.05) is 36.4 Å². The van der Waals surface area contributed by atoms with E-state index in [-0.39, 0.29) is 5.88 Å². The molecule has 1 aromatic carbocycles. The number of aromatic nitrogens is 1. The Morgan fingerprint density at radius 1 is 1.25 bits per heavy atom. The molecular weight excluding hydrogens is 276 g/mol. The van der Waals surface area contributed by atoms with Crippen molar-refractivity contribution in [3.63, 3.8) is 0 Å². The highest BCUT2D eigenvalue weighted by Crippen LogP contribution is 2.24. The van der Waals surface area contributed by atoms with Crippen molar-refractivity contribution in [1.29, 1.82) is 0 Å². The highest BCUT2D eigenvalue weighted by molar-refractivity contribution is 6.18. The lowest BCUT2D eigenvalue weighted by Crippen LogP contribution is -2.21. The summed E-state index contributed by atoms with van der Waals surface area (Å²) in [7, 11) is 0. The van der Waals surface area contributed by atoms with Gasteiger partial charge in [-0.2, -0.15) is 0 Å². The Hall–Kier alpha value is -1.78. The summed E-state index contributed by atoms with van der Waals surface area (Å²) in [4.78, 5) is 4.05. The minimum Gasteiger partial charge on any atom is -0.487 e. The van der Waals surface area contributed by atoms with Crippen LogP contribution in [0.2, 0.25) is 0 Å². The summed E-state index contributed by atoms with van der Waals surface area (Å²) in [6.45, 7) is 0.835. The number of pyridine rings is 1. The summed E-state index contributed by atoms with van der Waals surface area (Å²) >= 11 is 5.57. The fourth-order valence-corrected chi connectivity index (χ4v) is 1.77. The number of benzene rings is 1. The molecule has 0 aliphatic carbocycles. The quantitative estimate of drug-likeness (QED) is 0.771. The molecule has 0 fully saturated rings. The Kier molecular flexibility index (Phi) is 5.65. The third kappa shape index (κ3) is 4.40. The lowest BCUT2D eigenvalue weighted by Gasteiger charge is -2.14. The van der Waals surface area contributed by atoms with Crippen LogP contribution in [-0.2, 0) is 6.61 Å². The molecule has 1 unspecified atom stereocenters. The fourth-order valence-electron chi connectivity index (χ4n) is 1.67. The maximum atomic E-state index is 9.47. The topological polar surface area (TPSA) is 54.4 Å². The standard InChI is InChI=1S/C15H17ClN2O2/c16-8-13(19)10-18-14-5-1-2-6-15(14)20-11-12-4-3-7-17-9-12/h1-7,9,13,18-19H,8,10-11H2. The van der Waals surface area contributed by atoms with Gasteiger partial charge in [0.2, 0.25) is 0 Å². The van der Waals surface area contributed by atoms with Crippen LogP contribution in [0.3, 0.4) is 0 Å². The van der Waals surface area contributed by atoms with Gasteiger partial charge in [-0.05, 0) is 18.2 Å². The molecule has 5 heteroatoms. The van der Waals surface area contributed by atoms with Crippen LogP contribution in [0.25, 0.3) is 0 Å². The van der Waals surface area contributed by atoms with Crippen LogP contribution in [-0.4, -0.2) is 28.6 Å². The highest BCUT2D eigenvalue weighted by atomic mass is 35.5. The zero-order valence-corrected chi connectivity index (χ0v) is 11.8. The van der Waals surface area contributed by atoms with Gasteiger partial charge in [-0.3, -0.25) is 4.98 Å². The molecule has 4 nitrogen and oxygen atoms in total. The Balaban J connectivity index is 1.97. The van der Waals surface area contributed by atoms with Gasteiger partial charge in [0, 0.05) is 24.5 Å². The number of hydrogen-bond acceptors (Lipinski definition) is 4. The zero-order valence-electron chi connectivity index (χ0n) is 11.0. The van der Waals surface area contributed by atoms with Gasteiger partial charge in [0.1, 0.15) is 12.4 Å². The summed E-state index contributed by atoms with van der Waals surface area (Å²) in [6, 6.07) is 11.4. The molecule has 0 spiro atoms. The van der Waals surface area contributed by atoms with Gasteiger partial charge in [0.15, 0.2) is 0 Å². The predicted molar refractivity (Wildman–Crippen MR) is 80.2 cm³/mol. The van der Waals surface area contributed by atoms with E-state index in [1.165, 1.54) is 0 Å². The van der Waals surface area contributed by atoms with E-state index in [9.17, 15) is 5.11 Å². The molecule has 1 aromatic heterocycles. The molecule has 106 valence electrons. The van der Waals surface area contributed by atoms with Crippen molar-refractivity contribution in [1.82, 2.24) is 4.98 Å². The summed E-state index contributed by atoms with van der Waals surface area (Å²) in [5.74, 6) is 0.934. The molecule has 0 bridgehead atoms. The molecule has 1 atom stereocenters. The van der Waals surface area contributed by atoms with E-state index < -0.39 is 6.10 Å². The summed E-state index contributed by atoms with van der Waals surface area (Å²) in [5, 5.41) is 12.6. The number of nitrogens with one attached hydrogen (secondary N) is 1. The van der Waals surface area contributed by atoms with Crippen molar-refractivity contribution in [3.05, 3.63) is 54.4 Å². The highest BCUT2D eigenvalue weighted by Gasteiger charge is 2.06. The first-order valence-corrected chi connectivity index (χ1v) is 6.91. The van der Waals surface area contributed by atoms with E-state index in [2.05, 4.69) is 10.3 Å². The fraction of sp³-hybridized carbons (Fsp3) is 0.267. The first-order chi connectivity index (χ1) is 9.79. The summed E-state index contributed by atoms with van der Waals surface area (Å²) in [5.41, 5.74) is 1.84. The number of aliphatic hydroxyl groups excluding tert-OH is 1. The number of para-hydroxylation sites is 2. The van der Waals surface area contributed by atoms with Gasteiger partial charge in [-0.25, -0.2) is 0 Å². The van der Waals surface area contributed by atoms with Gasteiger partial charge in [-0.15, -0.1) is 11.6 Å². The van der Waals surface area contributed by atoms with Crippen LogP contribution in [0.4, 0.5) is 5.69 Å². The number of nitrogens with zero attached hydrogens (tertiary/aromatic N) is 1. The number of anilines is 1. The first-order valence-electron chi connectivity index (χ1n) is 6.38. The molecule has 0 amide bonds. The van der Waals surface area contributed by atoms with Crippen molar-refractivity contribution in [3.8, 4) is 5.75 Å². The Labute approximate surface area is 123 Å². The van der Waals surface area contributed by atoms with E-state index >= 15 is 0 Å². The molecule has 20 heavy (non-hydrogen) atoms. The van der Waals surface area contributed by atoms with Gasteiger partial charge < -0.3 is 15.2 Å². The first kappa shape index (κ1) is 14.6. The maximum Gasteiger partial charge on any atom is 0.142 e. The molecular formula is C15H17ClN2O2. The van der Waals surface area contributed by atoms with Gasteiger partial charge in [0.05, 0.1) is 17.7 Å². The van der Waals surface area contributed by atoms with Gasteiger partial charge in [0.25, 0.3) is 0 Å². The van der Waals surface area contributed by atoms with Crippen LogP contribution in [0.1, 0.15) is 5.56 Å². The monoisotopic (exact) mass is 292 g/mol. The third-order valence-corrected chi connectivity index (χ3v) is 3.07. The van der Waals surface area contributed by atoms with Gasteiger partial charge in [-0.1, -0.05) is 18.2 Å². The van der Waals surface area contributed by atoms with Crippen LogP contribution >= 0.6 is 11.6 Å². The molecule has 0 saturated heterocycles. The second-order valence-electron chi connectivity index (χ2n) is 4.34. The number of ether oxygens (including phenoxy) is 1. The Morgan fingerprint density at radius 3 is 2.85 bits per heavy atom. The zero-order chi connectivity index (χ0) is 14.2. The van der Waals surface area contributed by atoms with Crippen LogP contribution < -0.4 is 10.1 Å². The molecule has 0 aliphatic heterocycles. The average molecular weight is 293 g/mol. The van der Waals surface area contributed by atoms with Crippen molar-refractivity contribution >= 4 is 17.3 Å². The molecule has 1 heterocycles. The number of aliphatic hydroxyl groups is 1. The molecule has 0 saturated carbocycles. The van der Waals surface area contributed by atoms with E-state index in [0.717, 1.165) is 17.0 Å². The van der Waals surface area contributed by atoms with Crippen molar-refractivity contribution in [2.45, 2.75) is 12.7 Å². The largest absolute Gasteiger partial charge is 0.487 e. The maximum absolute atomic E-state index is 9.47. The second-order valence-corrected chi connectivity index (χ2v) is 4.64. The molecule has 2 rings (SSSR count). The van der Waals surface area contributed by atoms with E-state index in [4.69, 9.17) is 16.3 Å². The van der Waals surface area contributed by atoms with Crippen molar-refractivity contribution < 1.29 is 9.84 Å². The molecule has 2 aromatic rings. The minimum atomic E-state index is -0.581.